The molecule has 0 radical (unpaired) electrons. The summed E-state index contributed by atoms with van der Waals surface area (Å²) in [7, 11) is 0. The van der Waals surface area contributed by atoms with Crippen molar-refractivity contribution in [2.24, 2.45) is 0 Å². The summed E-state index contributed by atoms with van der Waals surface area (Å²) in [4.78, 5) is 0. The van der Waals surface area contributed by atoms with E-state index in [1.165, 1.54) is 77.2 Å². The van der Waals surface area contributed by atoms with Crippen LogP contribution < -0.4 is 0 Å². The molecule has 6 aromatic carbocycles. The summed E-state index contributed by atoms with van der Waals surface area (Å²) in [5.41, 5.74) is 12.3. The molecule has 0 saturated carbocycles. The predicted molar refractivity (Wildman–Crippen MR) is 170 cm³/mol. The molecule has 0 aliphatic rings. The smallest absolute Gasteiger partial charge is 0.0541 e. The maximum Gasteiger partial charge on any atom is 0.0541 e. The average molecular weight is 513 g/mol. The van der Waals surface area contributed by atoms with Gasteiger partial charge < -0.3 is 9.13 Å². The van der Waals surface area contributed by atoms with Crippen molar-refractivity contribution in [3.63, 3.8) is 0 Å². The monoisotopic (exact) mass is 512 g/mol. The minimum atomic E-state index is 1.18. The van der Waals surface area contributed by atoms with Gasteiger partial charge in [-0.3, -0.25) is 0 Å². The largest absolute Gasteiger partial charge is 0.309 e. The van der Waals surface area contributed by atoms with Crippen molar-refractivity contribution in [3.05, 3.63) is 145 Å². The van der Waals surface area contributed by atoms with Gasteiger partial charge in [-0.15, -0.1) is 0 Å². The fourth-order valence-electron chi connectivity index (χ4n) is 6.42. The number of fused-ring (bicyclic) bond motifs is 6. The molecule has 2 heteroatoms. The topological polar surface area (TPSA) is 9.86 Å². The Morgan fingerprint density at radius 1 is 0.400 bits per heavy atom. The fourth-order valence-corrected chi connectivity index (χ4v) is 6.42. The normalized spacial score (nSPS) is 11.8. The molecule has 2 nitrogen and oxygen atoms in total. The Hall–Kier alpha value is -5.08. The molecule has 0 atom stereocenters. The van der Waals surface area contributed by atoms with Gasteiger partial charge in [0.2, 0.25) is 0 Å². The lowest BCUT2D eigenvalue weighted by Crippen LogP contribution is -1.97. The zero-order chi connectivity index (χ0) is 26.8. The quantitative estimate of drug-likeness (QED) is 0.223. The first-order valence-corrected chi connectivity index (χ1v) is 13.9. The fraction of sp³-hybridized carbons (Fsp3) is 0.0526. The molecular weight excluding hydrogens is 484 g/mol. The second kappa shape index (κ2) is 8.72. The van der Waals surface area contributed by atoms with Crippen LogP contribution in [0.15, 0.2) is 133 Å². The second-order valence-electron chi connectivity index (χ2n) is 10.8. The highest BCUT2D eigenvalue weighted by Gasteiger charge is 2.17. The number of aryl methyl sites for hydroxylation is 2. The maximum atomic E-state index is 2.44. The molecule has 0 aliphatic heterocycles. The minimum absolute atomic E-state index is 1.18. The first-order valence-electron chi connectivity index (χ1n) is 13.9. The van der Waals surface area contributed by atoms with Gasteiger partial charge in [0.25, 0.3) is 0 Å². The van der Waals surface area contributed by atoms with Crippen LogP contribution in [-0.4, -0.2) is 9.13 Å². The molecule has 0 spiro atoms. The van der Waals surface area contributed by atoms with E-state index in [2.05, 4.69) is 156 Å². The third kappa shape index (κ3) is 3.36. The highest BCUT2D eigenvalue weighted by Crippen LogP contribution is 2.39. The summed E-state index contributed by atoms with van der Waals surface area (Å²) < 4.78 is 4.81. The van der Waals surface area contributed by atoms with Gasteiger partial charge in [-0.2, -0.15) is 0 Å². The summed E-state index contributed by atoms with van der Waals surface area (Å²) in [6.45, 7) is 4.35. The number of benzene rings is 6. The van der Waals surface area contributed by atoms with E-state index < -0.39 is 0 Å². The first kappa shape index (κ1) is 22.9. The van der Waals surface area contributed by atoms with Gasteiger partial charge in [-0.25, -0.2) is 0 Å². The SMILES string of the molecule is Cc1ccc2c(c1)c1cc(C)ccc1n2-c1ccccc1-c1ccc2c(c1)c1ccccc1n2-c1ccccc1. The third-order valence-corrected chi connectivity index (χ3v) is 8.22. The van der Waals surface area contributed by atoms with E-state index in [9.17, 15) is 0 Å². The Kier molecular flexibility index (Phi) is 4.99. The molecule has 0 amide bonds. The second-order valence-corrected chi connectivity index (χ2v) is 10.8. The van der Waals surface area contributed by atoms with Crippen molar-refractivity contribution < 1.29 is 0 Å². The molecule has 190 valence electrons. The highest BCUT2D eigenvalue weighted by atomic mass is 15.0. The lowest BCUT2D eigenvalue weighted by molar-refractivity contribution is 1.18. The minimum Gasteiger partial charge on any atom is -0.309 e. The van der Waals surface area contributed by atoms with Crippen LogP contribution in [0.4, 0.5) is 0 Å². The molecule has 2 aromatic heterocycles. The molecule has 8 rings (SSSR count). The van der Waals surface area contributed by atoms with Crippen LogP contribution in [0.25, 0.3) is 66.1 Å². The van der Waals surface area contributed by atoms with Crippen LogP contribution in [0.3, 0.4) is 0 Å². The molecule has 8 aromatic rings. The summed E-state index contributed by atoms with van der Waals surface area (Å²) >= 11 is 0. The number of aromatic nitrogens is 2. The third-order valence-electron chi connectivity index (χ3n) is 8.22. The number of rotatable bonds is 3. The van der Waals surface area contributed by atoms with Crippen molar-refractivity contribution in [1.82, 2.24) is 9.13 Å². The Bertz CT molecular complexity index is 2170. The van der Waals surface area contributed by atoms with Gasteiger partial charge in [0, 0.05) is 32.8 Å². The van der Waals surface area contributed by atoms with Crippen LogP contribution in [-0.2, 0) is 0 Å². The summed E-state index contributed by atoms with van der Waals surface area (Å²) in [5.74, 6) is 0. The highest BCUT2D eigenvalue weighted by molar-refractivity contribution is 6.12. The molecule has 0 unspecified atom stereocenters. The Morgan fingerprint density at radius 2 is 0.950 bits per heavy atom. The summed E-state index contributed by atoms with van der Waals surface area (Å²) in [5, 5.41) is 5.13. The number of para-hydroxylation sites is 3. The van der Waals surface area contributed by atoms with E-state index in [0.717, 1.165) is 0 Å². The van der Waals surface area contributed by atoms with E-state index in [-0.39, 0.29) is 0 Å². The van der Waals surface area contributed by atoms with E-state index in [1.54, 1.807) is 0 Å². The van der Waals surface area contributed by atoms with E-state index in [0.29, 0.717) is 0 Å². The number of hydrogen-bond acceptors (Lipinski definition) is 0. The molecule has 0 bridgehead atoms. The molecule has 2 heterocycles. The van der Waals surface area contributed by atoms with Crippen LogP contribution >= 0.6 is 0 Å². The molecule has 0 aliphatic carbocycles. The summed E-state index contributed by atoms with van der Waals surface area (Å²) in [6.07, 6.45) is 0. The average Bonchev–Trinajstić information content (AvgIpc) is 3.49. The summed E-state index contributed by atoms with van der Waals surface area (Å²) in [6, 6.07) is 48.8. The van der Waals surface area contributed by atoms with Gasteiger partial charge in [-0.1, -0.05) is 83.9 Å². The van der Waals surface area contributed by atoms with Crippen molar-refractivity contribution in [1.29, 1.82) is 0 Å². The lowest BCUT2D eigenvalue weighted by Gasteiger charge is -2.14. The number of nitrogens with zero attached hydrogens (tertiary/aromatic N) is 2. The van der Waals surface area contributed by atoms with Crippen molar-refractivity contribution >= 4 is 43.6 Å². The first-order chi connectivity index (χ1) is 19.7. The Balaban J connectivity index is 1.41. The van der Waals surface area contributed by atoms with Gasteiger partial charge in [0.15, 0.2) is 0 Å². The zero-order valence-corrected chi connectivity index (χ0v) is 22.6. The molecule has 0 saturated heterocycles. The molecule has 40 heavy (non-hydrogen) atoms. The van der Waals surface area contributed by atoms with Gasteiger partial charge in [0.05, 0.1) is 27.8 Å². The van der Waals surface area contributed by atoms with Crippen LogP contribution in [0.5, 0.6) is 0 Å². The molecule has 0 fully saturated rings. The van der Waals surface area contributed by atoms with Crippen LogP contribution in [0, 0.1) is 13.8 Å². The van der Waals surface area contributed by atoms with Crippen molar-refractivity contribution in [3.8, 4) is 22.5 Å². The van der Waals surface area contributed by atoms with E-state index in [4.69, 9.17) is 0 Å². The van der Waals surface area contributed by atoms with E-state index >= 15 is 0 Å². The zero-order valence-electron chi connectivity index (χ0n) is 22.6. The van der Waals surface area contributed by atoms with Gasteiger partial charge in [0.1, 0.15) is 0 Å². The predicted octanol–water partition coefficient (Wildman–Crippen LogP) is 10.2. The van der Waals surface area contributed by atoms with Gasteiger partial charge >= 0.3 is 0 Å². The van der Waals surface area contributed by atoms with Crippen molar-refractivity contribution in [2.75, 3.05) is 0 Å². The maximum absolute atomic E-state index is 2.44. The van der Waals surface area contributed by atoms with Crippen LogP contribution in [0.1, 0.15) is 11.1 Å². The van der Waals surface area contributed by atoms with Gasteiger partial charge in [-0.05, 0) is 80.1 Å². The lowest BCUT2D eigenvalue weighted by atomic mass is 10.0. The standard InChI is InChI=1S/C38H28N2/c1-25-16-19-37-31(22-25)32-23-26(2)17-20-38(32)40(37)34-14-8-6-12-29(34)27-18-21-36-33(24-27)30-13-7-9-15-35(30)39(36)28-10-4-3-5-11-28/h3-24H,1-2H3. The Morgan fingerprint density at radius 3 is 1.70 bits per heavy atom. The van der Waals surface area contributed by atoms with E-state index in [1.807, 2.05) is 0 Å². The molecular formula is C38H28N2. The number of hydrogen-bond donors (Lipinski definition) is 0. The Labute approximate surface area is 233 Å². The molecule has 0 N–H and O–H groups in total. The van der Waals surface area contributed by atoms with Crippen molar-refractivity contribution in [2.45, 2.75) is 13.8 Å². The van der Waals surface area contributed by atoms with Crippen LogP contribution in [0.2, 0.25) is 0 Å².